The maximum absolute atomic E-state index is 10.3. The van der Waals surface area contributed by atoms with Crippen molar-refractivity contribution in [2.75, 3.05) is 13.7 Å². The van der Waals surface area contributed by atoms with Gasteiger partial charge >= 0.3 is 5.97 Å². The Bertz CT molecular complexity index is 268. The quantitative estimate of drug-likeness (QED) is 0.716. The number of aromatic carboxylic acids is 1. The van der Waals surface area contributed by atoms with Crippen molar-refractivity contribution in [2.45, 2.75) is 6.42 Å². The number of aromatic nitrogens is 1. The third-order valence-corrected chi connectivity index (χ3v) is 1.33. The first kappa shape index (κ1) is 8.73. The van der Waals surface area contributed by atoms with E-state index < -0.39 is 5.97 Å². The second-order valence-electron chi connectivity index (χ2n) is 2.23. The molecule has 5 nitrogen and oxygen atoms in total. The molecule has 1 aromatic rings. The van der Waals surface area contributed by atoms with Crippen LogP contribution in [-0.4, -0.2) is 29.9 Å². The maximum Gasteiger partial charge on any atom is 0.374 e. The molecule has 5 heteroatoms. The van der Waals surface area contributed by atoms with Gasteiger partial charge in [0.2, 0.25) is 5.76 Å². The number of hydrogen-bond donors (Lipinski definition) is 1. The molecule has 1 aromatic heterocycles. The van der Waals surface area contributed by atoms with Gasteiger partial charge in [0.25, 0.3) is 0 Å². The summed E-state index contributed by atoms with van der Waals surface area (Å²) in [5, 5.41) is 12.0. The zero-order valence-corrected chi connectivity index (χ0v) is 6.61. The van der Waals surface area contributed by atoms with Crippen LogP contribution in [0.25, 0.3) is 0 Å². The molecule has 1 N–H and O–H groups in total. The molecule has 0 spiro atoms. The molecule has 0 fully saturated rings. The molecule has 0 saturated heterocycles. The lowest BCUT2D eigenvalue weighted by molar-refractivity contribution is 0.0652. The molecule has 0 radical (unpaired) electrons. The van der Waals surface area contributed by atoms with E-state index in [9.17, 15) is 4.79 Å². The average Bonchev–Trinajstić information content (AvgIpc) is 2.48. The summed E-state index contributed by atoms with van der Waals surface area (Å²) in [5.41, 5.74) is 0.592. The maximum atomic E-state index is 10.3. The van der Waals surface area contributed by atoms with E-state index in [2.05, 4.69) is 9.68 Å². The van der Waals surface area contributed by atoms with Gasteiger partial charge in [-0.3, -0.25) is 0 Å². The van der Waals surface area contributed by atoms with E-state index in [0.717, 1.165) is 0 Å². The highest BCUT2D eigenvalue weighted by atomic mass is 16.5. The Balaban J connectivity index is 2.58. The number of nitrogens with zero attached hydrogens (tertiary/aromatic N) is 1. The van der Waals surface area contributed by atoms with Gasteiger partial charge in [-0.2, -0.15) is 0 Å². The number of carboxylic acid groups (broad SMARTS) is 1. The van der Waals surface area contributed by atoms with E-state index in [4.69, 9.17) is 9.84 Å². The van der Waals surface area contributed by atoms with Crippen LogP contribution in [0.15, 0.2) is 10.6 Å². The summed E-state index contributed by atoms with van der Waals surface area (Å²) in [6, 6.07) is 1.39. The molecule has 0 aliphatic carbocycles. The Hall–Kier alpha value is -1.36. The van der Waals surface area contributed by atoms with E-state index in [1.165, 1.54) is 6.07 Å². The average molecular weight is 171 g/mol. The fourth-order valence-corrected chi connectivity index (χ4v) is 0.737. The summed E-state index contributed by atoms with van der Waals surface area (Å²) in [5.74, 6) is -1.24. The molecule has 0 amide bonds. The second-order valence-corrected chi connectivity index (χ2v) is 2.23. The summed E-state index contributed by atoms with van der Waals surface area (Å²) in [4.78, 5) is 10.3. The summed E-state index contributed by atoms with van der Waals surface area (Å²) in [7, 11) is 1.57. The molecule has 0 atom stereocenters. The normalized spacial score (nSPS) is 10.1. The van der Waals surface area contributed by atoms with Crippen LogP contribution in [0.2, 0.25) is 0 Å². The van der Waals surface area contributed by atoms with Gasteiger partial charge in [0, 0.05) is 19.6 Å². The van der Waals surface area contributed by atoms with Crippen molar-refractivity contribution in [2.24, 2.45) is 0 Å². The van der Waals surface area contributed by atoms with Crippen molar-refractivity contribution in [3.8, 4) is 0 Å². The Morgan fingerprint density at radius 1 is 1.83 bits per heavy atom. The Labute approximate surface area is 68.9 Å². The molecule has 0 saturated carbocycles. The lowest BCUT2D eigenvalue weighted by Crippen LogP contribution is -1.94. The van der Waals surface area contributed by atoms with Crippen LogP contribution in [-0.2, 0) is 11.2 Å². The van der Waals surface area contributed by atoms with Crippen LogP contribution < -0.4 is 0 Å². The zero-order chi connectivity index (χ0) is 8.97. The number of rotatable bonds is 4. The summed E-state index contributed by atoms with van der Waals surface area (Å²) >= 11 is 0. The minimum atomic E-state index is -1.11. The van der Waals surface area contributed by atoms with Gasteiger partial charge in [-0.05, 0) is 0 Å². The number of methoxy groups -OCH3 is 1. The van der Waals surface area contributed by atoms with E-state index in [1.54, 1.807) is 7.11 Å². The number of hydrogen-bond acceptors (Lipinski definition) is 4. The molecule has 0 aliphatic heterocycles. The number of carboxylic acids is 1. The predicted molar refractivity (Wildman–Crippen MR) is 39.0 cm³/mol. The van der Waals surface area contributed by atoms with Gasteiger partial charge in [0.1, 0.15) is 0 Å². The first-order valence-electron chi connectivity index (χ1n) is 3.42. The van der Waals surface area contributed by atoms with Crippen LogP contribution in [0.1, 0.15) is 16.2 Å². The molecular weight excluding hydrogens is 162 g/mol. The van der Waals surface area contributed by atoms with Crippen LogP contribution >= 0.6 is 0 Å². The molecule has 0 unspecified atom stereocenters. The number of ether oxygens (including phenoxy) is 1. The van der Waals surface area contributed by atoms with Gasteiger partial charge < -0.3 is 14.4 Å². The highest BCUT2D eigenvalue weighted by molar-refractivity contribution is 5.84. The third-order valence-electron chi connectivity index (χ3n) is 1.33. The zero-order valence-electron chi connectivity index (χ0n) is 6.61. The van der Waals surface area contributed by atoms with Crippen molar-refractivity contribution >= 4 is 5.97 Å². The molecule has 66 valence electrons. The van der Waals surface area contributed by atoms with Crippen molar-refractivity contribution in [3.63, 3.8) is 0 Å². The molecule has 12 heavy (non-hydrogen) atoms. The fraction of sp³-hybridized carbons (Fsp3) is 0.429. The number of carbonyl (C=O) groups is 1. The lowest BCUT2D eigenvalue weighted by atomic mass is 10.3. The van der Waals surface area contributed by atoms with Gasteiger partial charge in [-0.1, -0.05) is 5.16 Å². The first-order chi connectivity index (χ1) is 5.74. The van der Waals surface area contributed by atoms with E-state index in [-0.39, 0.29) is 5.76 Å². The molecule has 1 heterocycles. The molecule has 0 aromatic carbocycles. The Kier molecular flexibility index (Phi) is 2.82. The van der Waals surface area contributed by atoms with Crippen molar-refractivity contribution in [1.82, 2.24) is 5.16 Å². The summed E-state index contributed by atoms with van der Waals surface area (Å²) in [6.45, 7) is 0.506. The second kappa shape index (κ2) is 3.87. The van der Waals surface area contributed by atoms with E-state index in [0.29, 0.717) is 18.7 Å². The smallest absolute Gasteiger partial charge is 0.374 e. The predicted octanol–water partition coefficient (Wildman–Crippen LogP) is 0.562. The Morgan fingerprint density at radius 3 is 3.08 bits per heavy atom. The minimum Gasteiger partial charge on any atom is -0.475 e. The van der Waals surface area contributed by atoms with Crippen LogP contribution in [0, 0.1) is 0 Å². The monoisotopic (exact) mass is 171 g/mol. The lowest BCUT2D eigenvalue weighted by Gasteiger charge is -1.90. The topological polar surface area (TPSA) is 72.6 Å². The van der Waals surface area contributed by atoms with Crippen molar-refractivity contribution in [1.29, 1.82) is 0 Å². The minimum absolute atomic E-state index is 0.138. The van der Waals surface area contributed by atoms with Gasteiger partial charge in [0.15, 0.2) is 0 Å². The van der Waals surface area contributed by atoms with Gasteiger partial charge in [-0.25, -0.2) is 4.79 Å². The van der Waals surface area contributed by atoms with E-state index >= 15 is 0 Å². The SMILES string of the molecule is COCCc1cc(C(=O)O)on1. The largest absolute Gasteiger partial charge is 0.475 e. The fourth-order valence-electron chi connectivity index (χ4n) is 0.737. The standard InChI is InChI=1S/C7H9NO4/c1-11-3-2-5-4-6(7(9)10)12-8-5/h4H,2-3H2,1H3,(H,9,10). The molecule has 1 rings (SSSR count). The van der Waals surface area contributed by atoms with E-state index in [1.807, 2.05) is 0 Å². The van der Waals surface area contributed by atoms with Gasteiger partial charge in [-0.15, -0.1) is 0 Å². The molecule has 0 aliphatic rings. The van der Waals surface area contributed by atoms with Crippen LogP contribution in [0.3, 0.4) is 0 Å². The highest BCUT2D eigenvalue weighted by Crippen LogP contribution is 2.03. The summed E-state index contributed by atoms with van der Waals surface area (Å²) in [6.07, 6.45) is 0.563. The van der Waals surface area contributed by atoms with Crippen LogP contribution in [0.5, 0.6) is 0 Å². The highest BCUT2D eigenvalue weighted by Gasteiger charge is 2.09. The Morgan fingerprint density at radius 2 is 2.58 bits per heavy atom. The van der Waals surface area contributed by atoms with Crippen molar-refractivity contribution < 1.29 is 19.2 Å². The first-order valence-corrected chi connectivity index (χ1v) is 3.42. The third kappa shape index (κ3) is 2.06. The molecular formula is C7H9NO4. The van der Waals surface area contributed by atoms with Crippen molar-refractivity contribution in [3.05, 3.63) is 17.5 Å². The van der Waals surface area contributed by atoms with Crippen LogP contribution in [0.4, 0.5) is 0 Å². The van der Waals surface area contributed by atoms with Gasteiger partial charge in [0.05, 0.1) is 12.3 Å². The summed E-state index contributed by atoms with van der Waals surface area (Å²) < 4.78 is 9.30. The molecule has 0 bridgehead atoms.